The molecule has 0 aliphatic carbocycles. The van der Waals surface area contributed by atoms with E-state index in [-0.39, 0.29) is 12.7 Å². The minimum atomic E-state index is -0.830. The molecule has 0 saturated carbocycles. The molecule has 0 aromatic heterocycles. The maximum Gasteiger partial charge on any atom is 0.307 e. The Labute approximate surface area is 101 Å². The van der Waals surface area contributed by atoms with Crippen LogP contribution in [0.3, 0.4) is 0 Å². The third-order valence-corrected chi connectivity index (χ3v) is 2.24. The minimum absolute atomic E-state index is 0.0359. The van der Waals surface area contributed by atoms with Crippen LogP contribution in [-0.2, 0) is 20.7 Å². The summed E-state index contributed by atoms with van der Waals surface area (Å²) in [6.45, 7) is 4.96. The number of carboxylic acids is 1. The van der Waals surface area contributed by atoms with Crippen molar-refractivity contribution in [1.82, 2.24) is 0 Å². The smallest absolute Gasteiger partial charge is 0.307 e. The standard InChI is InChI=1S/C13H18O4/c1-3-16-13(17-4-2)11-7-5-10(6-8-11)9-12(14)15/h5-8,13H,3-4,9H2,1-2H3,(H,14,15). The van der Waals surface area contributed by atoms with Crippen LogP contribution in [0.25, 0.3) is 0 Å². The fourth-order valence-corrected chi connectivity index (χ4v) is 1.51. The van der Waals surface area contributed by atoms with Gasteiger partial charge in [-0.2, -0.15) is 0 Å². The van der Waals surface area contributed by atoms with E-state index >= 15 is 0 Å². The van der Waals surface area contributed by atoms with Crippen molar-refractivity contribution in [3.63, 3.8) is 0 Å². The van der Waals surface area contributed by atoms with E-state index in [4.69, 9.17) is 14.6 Å². The van der Waals surface area contributed by atoms with Crippen LogP contribution in [0.2, 0.25) is 0 Å². The van der Waals surface area contributed by atoms with Crippen LogP contribution in [0.4, 0.5) is 0 Å². The second-order valence-corrected chi connectivity index (χ2v) is 3.55. The summed E-state index contributed by atoms with van der Waals surface area (Å²) in [7, 11) is 0. The Bertz CT molecular complexity index is 339. The first kappa shape index (κ1) is 13.7. The van der Waals surface area contributed by atoms with E-state index in [1.807, 2.05) is 26.0 Å². The Balaban J connectivity index is 2.72. The highest BCUT2D eigenvalue weighted by atomic mass is 16.7. The molecule has 0 radical (unpaired) electrons. The van der Waals surface area contributed by atoms with Gasteiger partial charge >= 0.3 is 5.97 Å². The average molecular weight is 238 g/mol. The quantitative estimate of drug-likeness (QED) is 0.741. The maximum atomic E-state index is 10.5. The van der Waals surface area contributed by atoms with Gasteiger partial charge in [-0.15, -0.1) is 0 Å². The van der Waals surface area contributed by atoms with Gasteiger partial charge < -0.3 is 14.6 Å². The molecule has 94 valence electrons. The van der Waals surface area contributed by atoms with Crippen molar-refractivity contribution in [2.75, 3.05) is 13.2 Å². The van der Waals surface area contributed by atoms with E-state index < -0.39 is 5.97 Å². The minimum Gasteiger partial charge on any atom is -0.481 e. The Hall–Kier alpha value is -1.39. The summed E-state index contributed by atoms with van der Waals surface area (Å²) in [5.41, 5.74) is 1.68. The Morgan fingerprint density at radius 2 is 1.71 bits per heavy atom. The largest absolute Gasteiger partial charge is 0.481 e. The van der Waals surface area contributed by atoms with Gasteiger partial charge in [0.25, 0.3) is 0 Å². The molecular weight excluding hydrogens is 220 g/mol. The highest BCUT2D eigenvalue weighted by molar-refractivity contribution is 5.70. The summed E-state index contributed by atoms with van der Waals surface area (Å²) < 4.78 is 10.9. The number of hydrogen-bond acceptors (Lipinski definition) is 3. The number of carbonyl (C=O) groups is 1. The number of aliphatic carboxylic acids is 1. The van der Waals surface area contributed by atoms with E-state index in [1.54, 1.807) is 12.1 Å². The molecule has 0 unspecified atom stereocenters. The molecule has 0 fully saturated rings. The molecule has 0 aliphatic heterocycles. The Kier molecular flexibility index (Phi) is 5.66. The monoisotopic (exact) mass is 238 g/mol. The first-order valence-corrected chi connectivity index (χ1v) is 5.71. The molecule has 0 aliphatic rings. The first-order valence-electron chi connectivity index (χ1n) is 5.71. The summed E-state index contributed by atoms with van der Waals surface area (Å²) in [6, 6.07) is 7.26. The van der Waals surface area contributed by atoms with Crippen LogP contribution in [0, 0.1) is 0 Å². The lowest BCUT2D eigenvalue weighted by Crippen LogP contribution is -2.09. The van der Waals surface area contributed by atoms with Crippen LogP contribution < -0.4 is 0 Å². The predicted octanol–water partition coefficient (Wildman–Crippen LogP) is 2.39. The van der Waals surface area contributed by atoms with Gasteiger partial charge in [0.15, 0.2) is 6.29 Å². The predicted molar refractivity (Wildman–Crippen MR) is 63.8 cm³/mol. The number of ether oxygens (including phenoxy) is 2. The normalized spacial score (nSPS) is 10.8. The van der Waals surface area contributed by atoms with E-state index in [0.717, 1.165) is 11.1 Å². The van der Waals surface area contributed by atoms with E-state index in [1.165, 1.54) is 0 Å². The molecule has 0 saturated heterocycles. The lowest BCUT2D eigenvalue weighted by molar-refractivity contribution is -0.140. The van der Waals surface area contributed by atoms with Gasteiger partial charge in [0.05, 0.1) is 6.42 Å². The molecule has 1 aromatic rings. The zero-order valence-corrected chi connectivity index (χ0v) is 10.2. The average Bonchev–Trinajstić information content (AvgIpc) is 2.29. The summed E-state index contributed by atoms with van der Waals surface area (Å²) in [4.78, 5) is 10.5. The van der Waals surface area contributed by atoms with Crippen LogP contribution >= 0.6 is 0 Å². The lowest BCUT2D eigenvalue weighted by Gasteiger charge is -2.17. The van der Waals surface area contributed by atoms with Crippen molar-refractivity contribution in [3.05, 3.63) is 35.4 Å². The van der Waals surface area contributed by atoms with E-state index in [0.29, 0.717) is 13.2 Å². The van der Waals surface area contributed by atoms with Crippen molar-refractivity contribution >= 4 is 5.97 Å². The Morgan fingerprint density at radius 1 is 1.18 bits per heavy atom. The van der Waals surface area contributed by atoms with Gasteiger partial charge in [0, 0.05) is 18.8 Å². The third kappa shape index (κ3) is 4.54. The summed E-state index contributed by atoms with van der Waals surface area (Å²) in [6.07, 6.45) is -0.335. The molecule has 0 heterocycles. The van der Waals surface area contributed by atoms with Gasteiger partial charge in [-0.05, 0) is 19.4 Å². The number of hydrogen-bond donors (Lipinski definition) is 1. The SMILES string of the molecule is CCOC(OCC)c1ccc(CC(=O)O)cc1. The number of carboxylic acid groups (broad SMARTS) is 1. The Morgan fingerprint density at radius 3 is 2.12 bits per heavy atom. The van der Waals surface area contributed by atoms with Crippen LogP contribution in [0.15, 0.2) is 24.3 Å². The first-order chi connectivity index (χ1) is 8.17. The van der Waals surface area contributed by atoms with Crippen LogP contribution in [0.1, 0.15) is 31.3 Å². The molecular formula is C13H18O4. The van der Waals surface area contributed by atoms with Crippen LogP contribution in [0.5, 0.6) is 0 Å². The molecule has 0 spiro atoms. The van der Waals surface area contributed by atoms with E-state index in [2.05, 4.69) is 0 Å². The molecule has 0 amide bonds. The molecule has 1 aromatic carbocycles. The number of rotatable bonds is 7. The lowest BCUT2D eigenvalue weighted by atomic mass is 10.1. The fourth-order valence-electron chi connectivity index (χ4n) is 1.51. The second kappa shape index (κ2) is 7.04. The second-order valence-electron chi connectivity index (χ2n) is 3.55. The molecule has 4 nitrogen and oxygen atoms in total. The van der Waals surface area contributed by atoms with Gasteiger partial charge in [-0.3, -0.25) is 4.79 Å². The zero-order chi connectivity index (χ0) is 12.7. The van der Waals surface area contributed by atoms with Crippen molar-refractivity contribution in [1.29, 1.82) is 0 Å². The maximum absolute atomic E-state index is 10.5. The molecule has 0 atom stereocenters. The molecule has 0 bridgehead atoms. The summed E-state index contributed by atoms with van der Waals surface area (Å²) in [5, 5.41) is 8.66. The third-order valence-electron chi connectivity index (χ3n) is 2.24. The molecule has 1 N–H and O–H groups in total. The van der Waals surface area contributed by atoms with Crippen LogP contribution in [-0.4, -0.2) is 24.3 Å². The van der Waals surface area contributed by atoms with Gasteiger partial charge in [-0.1, -0.05) is 24.3 Å². The fraction of sp³-hybridized carbons (Fsp3) is 0.462. The summed E-state index contributed by atoms with van der Waals surface area (Å²) >= 11 is 0. The summed E-state index contributed by atoms with van der Waals surface area (Å²) in [5.74, 6) is -0.830. The number of benzene rings is 1. The molecule has 4 heteroatoms. The highest BCUT2D eigenvalue weighted by Crippen LogP contribution is 2.19. The highest BCUT2D eigenvalue weighted by Gasteiger charge is 2.11. The van der Waals surface area contributed by atoms with E-state index in [9.17, 15) is 4.79 Å². The van der Waals surface area contributed by atoms with Crippen molar-refractivity contribution in [2.24, 2.45) is 0 Å². The van der Waals surface area contributed by atoms with Crippen molar-refractivity contribution in [3.8, 4) is 0 Å². The van der Waals surface area contributed by atoms with Crippen molar-refractivity contribution in [2.45, 2.75) is 26.6 Å². The molecule has 17 heavy (non-hydrogen) atoms. The zero-order valence-electron chi connectivity index (χ0n) is 10.2. The van der Waals surface area contributed by atoms with Gasteiger partial charge in [0.1, 0.15) is 0 Å². The molecule has 1 rings (SSSR count). The van der Waals surface area contributed by atoms with Gasteiger partial charge in [-0.25, -0.2) is 0 Å². The van der Waals surface area contributed by atoms with Gasteiger partial charge in [0.2, 0.25) is 0 Å². The van der Waals surface area contributed by atoms with Crippen molar-refractivity contribution < 1.29 is 19.4 Å². The topological polar surface area (TPSA) is 55.8 Å².